The Labute approximate surface area is 179 Å². The largest absolute Gasteiger partial charge is 0.469 e. The molecular formula is C22H37N5O3. The lowest BCUT2D eigenvalue weighted by molar-refractivity contribution is -0.122. The van der Waals surface area contributed by atoms with E-state index in [-0.39, 0.29) is 12.0 Å². The second-order valence-corrected chi connectivity index (χ2v) is 8.13. The molecule has 3 rings (SSSR count). The molecule has 1 aromatic heterocycles. The molecule has 0 bridgehead atoms. The Balaban J connectivity index is 1.43. The van der Waals surface area contributed by atoms with Gasteiger partial charge in [0.2, 0.25) is 5.91 Å². The van der Waals surface area contributed by atoms with E-state index >= 15 is 0 Å². The predicted molar refractivity (Wildman–Crippen MR) is 118 cm³/mol. The first-order valence-electron chi connectivity index (χ1n) is 11.4. The molecule has 0 saturated carbocycles. The van der Waals surface area contributed by atoms with Crippen LogP contribution in [0.5, 0.6) is 0 Å². The van der Waals surface area contributed by atoms with Gasteiger partial charge in [-0.15, -0.1) is 0 Å². The Morgan fingerprint density at radius 1 is 1.23 bits per heavy atom. The average Bonchev–Trinajstić information content (AvgIpc) is 3.46. The van der Waals surface area contributed by atoms with Gasteiger partial charge in [-0.25, -0.2) is 0 Å². The van der Waals surface area contributed by atoms with Crippen molar-refractivity contribution in [2.45, 2.75) is 57.6 Å². The van der Waals surface area contributed by atoms with Gasteiger partial charge in [-0.3, -0.25) is 14.7 Å². The molecule has 8 nitrogen and oxygen atoms in total. The number of carbonyl (C=O) groups is 1. The van der Waals surface area contributed by atoms with Crippen LogP contribution in [0.25, 0.3) is 0 Å². The first kappa shape index (κ1) is 22.6. The van der Waals surface area contributed by atoms with Gasteiger partial charge >= 0.3 is 0 Å². The zero-order chi connectivity index (χ0) is 21.0. The molecule has 2 fully saturated rings. The minimum absolute atomic E-state index is 0.127. The molecule has 2 saturated heterocycles. The van der Waals surface area contributed by atoms with Crippen LogP contribution in [0.1, 0.15) is 44.8 Å². The number of hydrogen-bond acceptors (Lipinski definition) is 5. The number of likely N-dealkylation sites (tertiary alicyclic amines) is 1. The second-order valence-electron chi connectivity index (χ2n) is 8.13. The minimum atomic E-state index is 0.127. The lowest BCUT2D eigenvalue weighted by Gasteiger charge is -2.32. The highest BCUT2D eigenvalue weighted by molar-refractivity contribution is 5.80. The number of amides is 1. The van der Waals surface area contributed by atoms with Gasteiger partial charge in [-0.1, -0.05) is 6.92 Å². The smallest absolute Gasteiger partial charge is 0.234 e. The summed E-state index contributed by atoms with van der Waals surface area (Å²) in [7, 11) is 0. The fourth-order valence-electron chi connectivity index (χ4n) is 3.85. The first-order chi connectivity index (χ1) is 14.7. The van der Waals surface area contributed by atoms with Crippen molar-refractivity contribution >= 4 is 11.9 Å². The summed E-state index contributed by atoms with van der Waals surface area (Å²) >= 11 is 0. The molecule has 3 N–H and O–H groups in total. The Morgan fingerprint density at radius 3 is 2.80 bits per heavy atom. The number of guanidine groups is 1. The number of furan rings is 1. The fraction of sp³-hybridized carbons (Fsp3) is 0.727. The molecule has 1 atom stereocenters. The molecule has 0 spiro atoms. The molecular weight excluding hydrogens is 382 g/mol. The third kappa shape index (κ3) is 7.99. The Kier molecular flexibility index (Phi) is 9.50. The zero-order valence-electron chi connectivity index (χ0n) is 18.2. The van der Waals surface area contributed by atoms with Gasteiger partial charge in [0.05, 0.1) is 25.5 Å². The highest BCUT2D eigenvalue weighted by atomic mass is 16.5. The molecule has 30 heavy (non-hydrogen) atoms. The van der Waals surface area contributed by atoms with Gasteiger partial charge in [-0.05, 0) is 44.2 Å². The second kappa shape index (κ2) is 12.6. The van der Waals surface area contributed by atoms with Gasteiger partial charge in [0.1, 0.15) is 5.76 Å². The van der Waals surface area contributed by atoms with E-state index in [0.717, 1.165) is 83.0 Å². The summed E-state index contributed by atoms with van der Waals surface area (Å²) in [4.78, 5) is 19.0. The molecule has 0 aromatic carbocycles. The van der Waals surface area contributed by atoms with Crippen molar-refractivity contribution in [3.63, 3.8) is 0 Å². The Hall–Kier alpha value is -2.06. The monoisotopic (exact) mass is 419 g/mol. The topological polar surface area (TPSA) is 91.1 Å². The number of piperidine rings is 1. The molecule has 1 aromatic rings. The number of rotatable bonds is 10. The molecule has 2 aliphatic heterocycles. The highest BCUT2D eigenvalue weighted by Gasteiger charge is 2.22. The summed E-state index contributed by atoms with van der Waals surface area (Å²) in [5, 5.41) is 9.99. The van der Waals surface area contributed by atoms with Crippen LogP contribution in [0, 0.1) is 0 Å². The lowest BCUT2D eigenvalue weighted by atomic mass is 10.1. The lowest BCUT2D eigenvalue weighted by Crippen LogP contribution is -2.50. The summed E-state index contributed by atoms with van der Waals surface area (Å²) in [5.74, 6) is 1.94. The Bertz CT molecular complexity index is 635. The van der Waals surface area contributed by atoms with Crippen LogP contribution in [0.2, 0.25) is 0 Å². The normalized spacial score (nSPS) is 21.0. The van der Waals surface area contributed by atoms with Crippen LogP contribution < -0.4 is 16.0 Å². The fourth-order valence-corrected chi connectivity index (χ4v) is 3.85. The van der Waals surface area contributed by atoms with E-state index in [0.29, 0.717) is 19.1 Å². The van der Waals surface area contributed by atoms with Crippen LogP contribution in [-0.4, -0.2) is 74.8 Å². The number of hydrogen-bond donors (Lipinski definition) is 3. The molecule has 2 aliphatic rings. The predicted octanol–water partition coefficient (Wildman–Crippen LogP) is 1.53. The Morgan fingerprint density at radius 2 is 2.10 bits per heavy atom. The summed E-state index contributed by atoms with van der Waals surface area (Å²) in [6.07, 6.45) is 7.94. The van der Waals surface area contributed by atoms with Gasteiger partial charge < -0.3 is 25.1 Å². The van der Waals surface area contributed by atoms with Crippen molar-refractivity contribution in [1.29, 1.82) is 0 Å². The van der Waals surface area contributed by atoms with Crippen molar-refractivity contribution in [2.75, 3.05) is 45.9 Å². The summed E-state index contributed by atoms with van der Waals surface area (Å²) < 4.78 is 11.1. The van der Waals surface area contributed by atoms with E-state index in [2.05, 4.69) is 27.8 Å². The summed E-state index contributed by atoms with van der Waals surface area (Å²) in [5.41, 5.74) is 0. The van der Waals surface area contributed by atoms with Gasteiger partial charge in [-0.2, -0.15) is 0 Å². The standard InChI is InChI=1S/C22H37N5O3/c1-2-10-23-21(28)17-27-12-8-18(9-13-27)26-22(25-16-20-6-4-15-30-20)24-11-7-19-5-3-14-29-19/h3,5,14,18,20H,2,4,6-13,15-17H2,1H3,(H,23,28)(H2,24,25,26). The molecule has 0 radical (unpaired) electrons. The molecule has 1 unspecified atom stereocenters. The molecule has 0 aliphatic carbocycles. The molecule has 168 valence electrons. The highest BCUT2D eigenvalue weighted by Crippen LogP contribution is 2.13. The van der Waals surface area contributed by atoms with Gasteiger partial charge in [0.15, 0.2) is 5.96 Å². The quantitative estimate of drug-likeness (QED) is 0.394. The summed E-state index contributed by atoms with van der Waals surface area (Å²) in [6.45, 7) is 7.45. The van der Waals surface area contributed by atoms with Crippen LogP contribution in [0.4, 0.5) is 0 Å². The van der Waals surface area contributed by atoms with Crippen LogP contribution in [-0.2, 0) is 16.0 Å². The minimum Gasteiger partial charge on any atom is -0.469 e. The maximum atomic E-state index is 11.9. The SMILES string of the molecule is CCCNC(=O)CN1CCC(NC(=NCC2CCCO2)NCCc2ccco2)CC1. The summed E-state index contributed by atoms with van der Waals surface area (Å²) in [6, 6.07) is 4.26. The van der Waals surface area contributed by atoms with E-state index in [1.165, 1.54) is 0 Å². The number of nitrogens with zero attached hydrogens (tertiary/aromatic N) is 2. The number of aliphatic imine (C=N–C) groups is 1. The average molecular weight is 420 g/mol. The van der Waals surface area contributed by atoms with E-state index in [1.54, 1.807) is 6.26 Å². The van der Waals surface area contributed by atoms with Crippen LogP contribution in [0.3, 0.4) is 0 Å². The number of ether oxygens (including phenoxy) is 1. The maximum absolute atomic E-state index is 11.9. The van der Waals surface area contributed by atoms with Crippen molar-refractivity contribution in [3.8, 4) is 0 Å². The van der Waals surface area contributed by atoms with Crippen LogP contribution in [0.15, 0.2) is 27.8 Å². The third-order valence-electron chi connectivity index (χ3n) is 5.59. The van der Waals surface area contributed by atoms with E-state index in [1.807, 2.05) is 12.1 Å². The number of carbonyl (C=O) groups excluding carboxylic acids is 1. The zero-order valence-corrected chi connectivity index (χ0v) is 18.2. The van der Waals surface area contributed by atoms with Gasteiger partial charge in [0.25, 0.3) is 0 Å². The number of nitrogens with one attached hydrogen (secondary N) is 3. The van der Waals surface area contributed by atoms with Crippen LogP contribution >= 0.6 is 0 Å². The van der Waals surface area contributed by atoms with E-state index in [9.17, 15) is 4.79 Å². The first-order valence-corrected chi connectivity index (χ1v) is 11.4. The molecule has 1 amide bonds. The van der Waals surface area contributed by atoms with E-state index in [4.69, 9.17) is 14.1 Å². The maximum Gasteiger partial charge on any atom is 0.234 e. The molecule has 3 heterocycles. The van der Waals surface area contributed by atoms with Crippen molar-refractivity contribution in [3.05, 3.63) is 24.2 Å². The van der Waals surface area contributed by atoms with Gasteiger partial charge in [0, 0.05) is 45.2 Å². The molecule has 8 heteroatoms. The van der Waals surface area contributed by atoms with Crippen molar-refractivity contribution < 1.29 is 13.9 Å². The van der Waals surface area contributed by atoms with E-state index < -0.39 is 0 Å². The van der Waals surface area contributed by atoms with Crippen molar-refractivity contribution in [1.82, 2.24) is 20.9 Å². The van der Waals surface area contributed by atoms with Crippen molar-refractivity contribution in [2.24, 2.45) is 4.99 Å². The third-order valence-corrected chi connectivity index (χ3v) is 5.59.